The van der Waals surface area contributed by atoms with Crippen molar-refractivity contribution in [2.24, 2.45) is 14.1 Å². The van der Waals surface area contributed by atoms with Gasteiger partial charge in [-0.2, -0.15) is 0 Å². The molecular weight excluding hydrogens is 512 g/mol. The van der Waals surface area contributed by atoms with E-state index >= 15 is 0 Å². The predicted molar refractivity (Wildman–Crippen MR) is 147 cm³/mol. The fourth-order valence-corrected chi connectivity index (χ4v) is 6.16. The van der Waals surface area contributed by atoms with E-state index < -0.39 is 21.3 Å². The van der Waals surface area contributed by atoms with Crippen molar-refractivity contribution in [3.63, 3.8) is 0 Å². The van der Waals surface area contributed by atoms with Gasteiger partial charge in [-0.3, -0.25) is 13.9 Å². The molecular formula is C27H27ClN4O4S. The molecule has 0 bridgehead atoms. The molecule has 0 spiro atoms. The number of hydrogen-bond donors (Lipinski definition) is 1. The predicted octanol–water partition coefficient (Wildman–Crippen LogP) is 3.50. The van der Waals surface area contributed by atoms with Crippen molar-refractivity contribution in [3.8, 4) is 0 Å². The molecule has 8 nitrogen and oxygen atoms in total. The van der Waals surface area contributed by atoms with Crippen LogP contribution in [0.2, 0.25) is 5.02 Å². The highest BCUT2D eigenvalue weighted by Gasteiger charge is 2.21. The summed E-state index contributed by atoms with van der Waals surface area (Å²) in [5.41, 5.74) is 3.95. The molecule has 0 amide bonds. The molecule has 1 aliphatic rings. The molecule has 1 aliphatic heterocycles. The van der Waals surface area contributed by atoms with Crippen LogP contribution in [-0.4, -0.2) is 30.6 Å². The molecule has 4 aromatic rings. The fraction of sp³-hybridized carbons (Fsp3) is 0.259. The van der Waals surface area contributed by atoms with Crippen molar-refractivity contribution in [2.75, 3.05) is 18.0 Å². The zero-order valence-electron chi connectivity index (χ0n) is 20.6. The van der Waals surface area contributed by atoms with Crippen molar-refractivity contribution in [3.05, 3.63) is 97.7 Å². The number of anilines is 2. The van der Waals surface area contributed by atoms with Crippen molar-refractivity contribution in [2.45, 2.75) is 24.2 Å². The maximum Gasteiger partial charge on any atom is 0.330 e. The van der Waals surface area contributed by atoms with Crippen LogP contribution in [0.3, 0.4) is 0 Å². The maximum absolute atomic E-state index is 13.1. The lowest BCUT2D eigenvalue weighted by molar-refractivity contribution is 0.579. The normalized spacial score (nSPS) is 13.3. The minimum atomic E-state index is -3.87. The van der Waals surface area contributed by atoms with Gasteiger partial charge in [0.2, 0.25) is 10.0 Å². The van der Waals surface area contributed by atoms with Crippen LogP contribution >= 0.6 is 11.6 Å². The second-order valence-corrected chi connectivity index (χ2v) is 11.4. The summed E-state index contributed by atoms with van der Waals surface area (Å²) in [7, 11) is -0.952. The largest absolute Gasteiger partial charge is 0.341 e. The number of nitrogens with zero attached hydrogens (tertiary/aromatic N) is 3. The van der Waals surface area contributed by atoms with Gasteiger partial charge in [-0.15, -0.1) is 0 Å². The summed E-state index contributed by atoms with van der Waals surface area (Å²) in [5, 5.41) is 0.825. The van der Waals surface area contributed by atoms with Gasteiger partial charge in [0.25, 0.3) is 5.56 Å². The number of hydrogen-bond acceptors (Lipinski definition) is 5. The molecule has 37 heavy (non-hydrogen) atoms. The monoisotopic (exact) mass is 538 g/mol. The van der Waals surface area contributed by atoms with E-state index in [9.17, 15) is 18.0 Å². The number of rotatable bonds is 6. The zero-order chi connectivity index (χ0) is 26.3. The first-order valence-electron chi connectivity index (χ1n) is 12.0. The quantitative estimate of drug-likeness (QED) is 0.379. The first-order chi connectivity index (χ1) is 17.7. The van der Waals surface area contributed by atoms with E-state index in [0.717, 1.165) is 28.8 Å². The number of nitrogens with one attached hydrogen (secondary N) is 1. The lowest BCUT2D eigenvalue weighted by atomic mass is 10.0. The minimum Gasteiger partial charge on any atom is -0.341 e. The summed E-state index contributed by atoms with van der Waals surface area (Å²) in [6.45, 7) is 0.799. The summed E-state index contributed by atoms with van der Waals surface area (Å²) >= 11 is 6.33. The zero-order valence-corrected chi connectivity index (χ0v) is 22.1. The minimum absolute atomic E-state index is 0.0204. The Bertz CT molecular complexity index is 1740. The SMILES string of the molecule is Cn1c(=O)c2cc(S(=O)(=O)NCCCN3c4ccccc4CCc4ccc(Cl)cc43)ccc2n(C)c1=O. The van der Waals surface area contributed by atoms with Crippen LogP contribution in [0, 0.1) is 0 Å². The first kappa shape index (κ1) is 25.3. The molecule has 0 saturated heterocycles. The number of benzene rings is 3. The topological polar surface area (TPSA) is 93.4 Å². The van der Waals surface area contributed by atoms with Crippen molar-refractivity contribution in [1.82, 2.24) is 13.9 Å². The molecule has 0 aliphatic carbocycles. The van der Waals surface area contributed by atoms with Gasteiger partial charge in [-0.05, 0) is 66.8 Å². The Hall–Kier alpha value is -3.40. The summed E-state index contributed by atoms with van der Waals surface area (Å²) < 4.78 is 31.1. The van der Waals surface area contributed by atoms with Gasteiger partial charge in [-0.25, -0.2) is 17.9 Å². The Balaban J connectivity index is 1.36. The highest BCUT2D eigenvalue weighted by molar-refractivity contribution is 7.89. The molecule has 0 fully saturated rings. The third-order valence-electron chi connectivity index (χ3n) is 6.88. The standard InChI is InChI=1S/C27H27ClN4O4S/c1-30-24-13-12-21(17-22(24)26(33)31(2)27(30)34)37(35,36)29-14-5-15-32-23-7-4-3-6-18(23)8-9-19-10-11-20(28)16-25(19)32/h3-4,6-7,10-13,16-17,29H,5,8-9,14-15H2,1-2H3. The first-order valence-corrected chi connectivity index (χ1v) is 13.9. The summed E-state index contributed by atoms with van der Waals surface area (Å²) in [5.74, 6) is 0. The van der Waals surface area contributed by atoms with Gasteiger partial charge in [0.05, 0.1) is 15.8 Å². The van der Waals surface area contributed by atoms with Crippen LogP contribution < -0.4 is 20.9 Å². The number of aromatic nitrogens is 2. The van der Waals surface area contributed by atoms with E-state index in [1.807, 2.05) is 24.3 Å². The van der Waals surface area contributed by atoms with Crippen LogP contribution in [0.25, 0.3) is 10.9 Å². The summed E-state index contributed by atoms with van der Waals surface area (Å²) in [6.07, 6.45) is 2.37. The molecule has 10 heteroatoms. The number of sulfonamides is 1. The molecule has 1 aromatic heterocycles. The van der Waals surface area contributed by atoms with Crippen molar-refractivity contribution in [1.29, 1.82) is 0 Å². The molecule has 2 heterocycles. The number of fused-ring (bicyclic) bond motifs is 3. The molecule has 1 N–H and O–H groups in total. The van der Waals surface area contributed by atoms with Gasteiger partial charge >= 0.3 is 5.69 Å². The highest BCUT2D eigenvalue weighted by Crippen LogP contribution is 2.37. The highest BCUT2D eigenvalue weighted by atomic mass is 35.5. The summed E-state index contributed by atoms with van der Waals surface area (Å²) in [6, 6.07) is 18.4. The average molecular weight is 539 g/mol. The average Bonchev–Trinajstić information content (AvgIpc) is 3.05. The fourth-order valence-electron chi connectivity index (χ4n) is 4.89. The Morgan fingerprint density at radius 2 is 1.62 bits per heavy atom. The van der Waals surface area contributed by atoms with Crippen LogP contribution in [-0.2, 0) is 37.0 Å². The van der Waals surface area contributed by atoms with E-state index in [2.05, 4.69) is 27.8 Å². The number of aryl methyl sites for hydroxylation is 3. The van der Waals surface area contributed by atoms with Crippen LogP contribution in [0.15, 0.2) is 75.1 Å². The molecule has 192 valence electrons. The maximum atomic E-state index is 13.1. The van der Waals surface area contributed by atoms with Gasteiger partial charge in [0, 0.05) is 43.6 Å². The van der Waals surface area contributed by atoms with Gasteiger partial charge < -0.3 is 4.90 Å². The molecule has 0 unspecified atom stereocenters. The lowest BCUT2D eigenvalue weighted by Gasteiger charge is -2.27. The molecule has 0 atom stereocenters. The van der Waals surface area contributed by atoms with E-state index in [0.29, 0.717) is 23.5 Å². The molecule has 3 aromatic carbocycles. The third-order valence-corrected chi connectivity index (χ3v) is 8.58. The Kier molecular flexibility index (Phi) is 6.70. The van der Waals surface area contributed by atoms with E-state index in [1.165, 1.54) is 40.9 Å². The van der Waals surface area contributed by atoms with E-state index in [4.69, 9.17) is 11.6 Å². The van der Waals surface area contributed by atoms with Crippen molar-refractivity contribution < 1.29 is 8.42 Å². The van der Waals surface area contributed by atoms with Crippen molar-refractivity contribution >= 4 is 43.9 Å². The van der Waals surface area contributed by atoms with E-state index in [-0.39, 0.29) is 16.8 Å². The number of para-hydroxylation sites is 1. The molecule has 5 rings (SSSR count). The van der Waals surface area contributed by atoms with Gasteiger partial charge in [-0.1, -0.05) is 35.9 Å². The molecule has 0 radical (unpaired) electrons. The number of halogens is 1. The van der Waals surface area contributed by atoms with Gasteiger partial charge in [0.15, 0.2) is 0 Å². The van der Waals surface area contributed by atoms with Crippen LogP contribution in [0.4, 0.5) is 11.4 Å². The van der Waals surface area contributed by atoms with Crippen LogP contribution in [0.1, 0.15) is 17.5 Å². The third kappa shape index (κ3) is 4.70. The van der Waals surface area contributed by atoms with Gasteiger partial charge in [0.1, 0.15) is 0 Å². The van der Waals surface area contributed by atoms with Crippen LogP contribution in [0.5, 0.6) is 0 Å². The Morgan fingerprint density at radius 3 is 2.41 bits per heavy atom. The van der Waals surface area contributed by atoms with E-state index in [1.54, 1.807) is 7.05 Å². The second-order valence-electron chi connectivity index (χ2n) is 9.19. The lowest BCUT2D eigenvalue weighted by Crippen LogP contribution is -2.37. The smallest absolute Gasteiger partial charge is 0.330 e. The summed E-state index contributed by atoms with van der Waals surface area (Å²) in [4.78, 5) is 26.9. The molecule has 0 saturated carbocycles. The second kappa shape index (κ2) is 9.81. The Labute approximate surface area is 219 Å². The Morgan fingerprint density at radius 1 is 0.892 bits per heavy atom.